The number of rotatable bonds is 11. The second kappa shape index (κ2) is 13.2. The number of likely N-dealkylation sites (tertiary alicyclic amines) is 1. The Morgan fingerprint density at radius 3 is 2.56 bits per heavy atom. The number of ether oxygens (including phenoxy) is 2. The number of esters is 1. The minimum atomic E-state index is -0.442. The molecule has 2 N–H and O–H groups in total. The van der Waals surface area contributed by atoms with Crippen molar-refractivity contribution in [3.05, 3.63) is 41.3 Å². The van der Waals surface area contributed by atoms with E-state index < -0.39 is 5.97 Å². The van der Waals surface area contributed by atoms with Gasteiger partial charge in [-0.05, 0) is 50.9 Å². The maximum Gasteiger partial charge on any atom is 0.350 e. The summed E-state index contributed by atoms with van der Waals surface area (Å²) in [5, 5.41) is 5.86. The molecule has 2 heterocycles. The summed E-state index contributed by atoms with van der Waals surface area (Å²) in [7, 11) is 1.64. The fourth-order valence-corrected chi connectivity index (χ4v) is 4.91. The molecular weight excluding hydrogens is 454 g/mol. The van der Waals surface area contributed by atoms with E-state index in [0.29, 0.717) is 49.6 Å². The number of anilines is 1. The smallest absolute Gasteiger partial charge is 0.350 e. The first-order valence-electron chi connectivity index (χ1n) is 11.7. The molecule has 1 aromatic heterocycles. The number of carbonyl (C=O) groups excluding carboxylic acids is 3. The monoisotopic (exact) mass is 487 g/mol. The molecule has 1 saturated heterocycles. The van der Waals surface area contributed by atoms with E-state index in [1.807, 2.05) is 41.3 Å². The number of nitrogens with one attached hydrogen (secondary N) is 2. The van der Waals surface area contributed by atoms with Gasteiger partial charge in [-0.1, -0.05) is 30.3 Å². The number of thiophene rings is 1. The normalized spacial score (nSPS) is 14.5. The molecule has 0 saturated carbocycles. The summed E-state index contributed by atoms with van der Waals surface area (Å²) in [5.41, 5.74) is 1.44. The van der Waals surface area contributed by atoms with Crippen LogP contribution in [0.3, 0.4) is 0 Å². The number of hydrogen-bond acceptors (Lipinski definition) is 7. The molecule has 0 atom stereocenters. The molecule has 0 unspecified atom stereocenters. The van der Waals surface area contributed by atoms with Gasteiger partial charge in [0.05, 0.1) is 18.8 Å². The van der Waals surface area contributed by atoms with Crippen LogP contribution in [0.4, 0.5) is 5.69 Å². The third kappa shape index (κ3) is 7.38. The van der Waals surface area contributed by atoms with Crippen LogP contribution in [0.1, 0.15) is 35.9 Å². The standard InChI is InChI=1S/C25H33N3O5S/c1-3-33-25(31)23-20(16-21(34-23)18-8-5-4-6-9-18)27-22(29)17-28-13-10-19(11-14-28)24(30)26-12-7-15-32-2/h4-6,8-9,16,19H,3,7,10-15,17H2,1-2H3,(H,26,30)(H,27,29). The molecule has 0 bridgehead atoms. The molecule has 184 valence electrons. The molecule has 34 heavy (non-hydrogen) atoms. The van der Waals surface area contributed by atoms with Crippen molar-refractivity contribution in [1.82, 2.24) is 10.2 Å². The highest BCUT2D eigenvalue weighted by molar-refractivity contribution is 7.18. The van der Waals surface area contributed by atoms with Gasteiger partial charge < -0.3 is 20.1 Å². The zero-order chi connectivity index (χ0) is 24.3. The Labute approximate surface area is 204 Å². The van der Waals surface area contributed by atoms with Crippen LogP contribution in [0, 0.1) is 5.92 Å². The van der Waals surface area contributed by atoms with Gasteiger partial charge in [-0.3, -0.25) is 14.5 Å². The third-order valence-electron chi connectivity index (χ3n) is 5.68. The zero-order valence-electron chi connectivity index (χ0n) is 19.8. The summed E-state index contributed by atoms with van der Waals surface area (Å²) < 4.78 is 10.2. The van der Waals surface area contributed by atoms with Gasteiger partial charge in [0.2, 0.25) is 11.8 Å². The summed E-state index contributed by atoms with van der Waals surface area (Å²) in [6.07, 6.45) is 2.23. The molecule has 0 spiro atoms. The van der Waals surface area contributed by atoms with Crippen molar-refractivity contribution < 1.29 is 23.9 Å². The van der Waals surface area contributed by atoms with Crippen molar-refractivity contribution in [2.24, 2.45) is 5.92 Å². The lowest BCUT2D eigenvalue weighted by Crippen LogP contribution is -2.43. The maximum atomic E-state index is 12.8. The van der Waals surface area contributed by atoms with Crippen LogP contribution in [0.2, 0.25) is 0 Å². The number of piperidine rings is 1. The van der Waals surface area contributed by atoms with E-state index >= 15 is 0 Å². The Hall–Kier alpha value is -2.75. The van der Waals surface area contributed by atoms with E-state index in [0.717, 1.165) is 16.9 Å². The van der Waals surface area contributed by atoms with E-state index in [2.05, 4.69) is 10.6 Å². The molecule has 1 aliphatic rings. The van der Waals surface area contributed by atoms with E-state index in [4.69, 9.17) is 9.47 Å². The number of carbonyl (C=O) groups is 3. The van der Waals surface area contributed by atoms with Crippen molar-refractivity contribution in [2.45, 2.75) is 26.2 Å². The predicted octanol–water partition coefficient (Wildman–Crippen LogP) is 3.40. The second-order valence-electron chi connectivity index (χ2n) is 8.18. The average Bonchev–Trinajstić information content (AvgIpc) is 3.26. The highest BCUT2D eigenvalue weighted by Gasteiger charge is 2.26. The third-order valence-corrected chi connectivity index (χ3v) is 6.84. The van der Waals surface area contributed by atoms with Gasteiger partial charge in [-0.15, -0.1) is 11.3 Å². The Balaban J connectivity index is 1.55. The molecule has 0 radical (unpaired) electrons. The van der Waals surface area contributed by atoms with Gasteiger partial charge in [0.25, 0.3) is 0 Å². The van der Waals surface area contributed by atoms with Crippen LogP contribution in [0.15, 0.2) is 36.4 Å². The van der Waals surface area contributed by atoms with Crippen LogP contribution in [0.25, 0.3) is 10.4 Å². The fraction of sp³-hybridized carbons (Fsp3) is 0.480. The van der Waals surface area contributed by atoms with Gasteiger partial charge in [-0.25, -0.2) is 4.79 Å². The molecule has 9 heteroatoms. The Kier molecular flexibility index (Phi) is 10.1. The quantitative estimate of drug-likeness (QED) is 0.373. The molecule has 2 aromatic rings. The van der Waals surface area contributed by atoms with Crippen LogP contribution in [-0.4, -0.2) is 69.2 Å². The minimum absolute atomic E-state index is 0.0254. The maximum absolute atomic E-state index is 12.8. The van der Waals surface area contributed by atoms with Gasteiger partial charge in [-0.2, -0.15) is 0 Å². The number of amides is 2. The van der Waals surface area contributed by atoms with Crippen molar-refractivity contribution in [3.63, 3.8) is 0 Å². The molecular formula is C25H33N3O5S. The lowest BCUT2D eigenvalue weighted by atomic mass is 9.96. The highest BCUT2D eigenvalue weighted by atomic mass is 32.1. The molecule has 2 amide bonds. The van der Waals surface area contributed by atoms with E-state index in [-0.39, 0.29) is 30.9 Å². The van der Waals surface area contributed by atoms with Crippen molar-refractivity contribution in [2.75, 3.05) is 51.8 Å². The van der Waals surface area contributed by atoms with E-state index in [1.165, 1.54) is 11.3 Å². The van der Waals surface area contributed by atoms with Crippen LogP contribution in [-0.2, 0) is 19.1 Å². The van der Waals surface area contributed by atoms with Gasteiger partial charge >= 0.3 is 5.97 Å². The summed E-state index contributed by atoms with van der Waals surface area (Å²) in [6.45, 7) is 4.82. The van der Waals surface area contributed by atoms with Crippen LogP contribution in [0.5, 0.6) is 0 Å². The van der Waals surface area contributed by atoms with Crippen LogP contribution >= 0.6 is 11.3 Å². The fourth-order valence-electron chi connectivity index (χ4n) is 3.90. The highest BCUT2D eigenvalue weighted by Crippen LogP contribution is 2.35. The minimum Gasteiger partial charge on any atom is -0.462 e. The number of nitrogens with zero attached hydrogens (tertiary/aromatic N) is 1. The summed E-state index contributed by atoms with van der Waals surface area (Å²) in [4.78, 5) is 40.9. The molecule has 1 aliphatic heterocycles. The van der Waals surface area contributed by atoms with Crippen LogP contribution < -0.4 is 10.6 Å². The lowest BCUT2D eigenvalue weighted by molar-refractivity contribution is -0.126. The predicted molar refractivity (Wildman–Crippen MR) is 133 cm³/mol. The summed E-state index contributed by atoms with van der Waals surface area (Å²) >= 11 is 1.31. The lowest BCUT2D eigenvalue weighted by Gasteiger charge is -2.30. The molecule has 8 nitrogen and oxygen atoms in total. The van der Waals surface area contributed by atoms with Crippen molar-refractivity contribution in [1.29, 1.82) is 0 Å². The first-order valence-corrected chi connectivity index (χ1v) is 12.5. The first-order chi connectivity index (χ1) is 16.5. The number of hydrogen-bond donors (Lipinski definition) is 2. The number of methoxy groups -OCH3 is 1. The Morgan fingerprint density at radius 1 is 1.15 bits per heavy atom. The molecule has 3 rings (SSSR count). The Bertz CT molecular complexity index is 955. The van der Waals surface area contributed by atoms with Crippen molar-refractivity contribution >= 4 is 34.8 Å². The molecule has 1 fully saturated rings. The summed E-state index contributed by atoms with van der Waals surface area (Å²) in [6, 6.07) is 11.5. The molecule has 1 aromatic carbocycles. The first kappa shape index (κ1) is 25.9. The van der Waals surface area contributed by atoms with E-state index in [9.17, 15) is 14.4 Å². The second-order valence-corrected chi connectivity index (χ2v) is 9.23. The number of benzene rings is 1. The van der Waals surface area contributed by atoms with Crippen molar-refractivity contribution in [3.8, 4) is 10.4 Å². The van der Waals surface area contributed by atoms with E-state index in [1.54, 1.807) is 14.0 Å². The largest absolute Gasteiger partial charge is 0.462 e. The zero-order valence-corrected chi connectivity index (χ0v) is 20.6. The summed E-state index contributed by atoms with van der Waals surface area (Å²) in [5.74, 6) is -0.582. The SMILES string of the molecule is CCOC(=O)c1sc(-c2ccccc2)cc1NC(=O)CN1CCC(C(=O)NCCCOC)CC1. The topological polar surface area (TPSA) is 97.0 Å². The van der Waals surface area contributed by atoms with Gasteiger partial charge in [0.1, 0.15) is 4.88 Å². The molecule has 0 aliphatic carbocycles. The van der Waals surface area contributed by atoms with Gasteiger partial charge in [0.15, 0.2) is 0 Å². The average molecular weight is 488 g/mol. The van der Waals surface area contributed by atoms with Gasteiger partial charge in [0, 0.05) is 31.1 Å². The Morgan fingerprint density at radius 2 is 1.88 bits per heavy atom.